The molecule has 1 aliphatic rings. The second-order valence-electron chi connectivity index (χ2n) is 4.98. The largest absolute Gasteiger partial charge is 0.462 e. The predicted octanol–water partition coefficient (Wildman–Crippen LogP) is 3.73. The zero-order valence-electron chi connectivity index (χ0n) is 12.3. The number of thiocarbonyl (C=S) groups is 1. The maximum Gasteiger partial charge on any atom is 0.270 e. The van der Waals surface area contributed by atoms with Gasteiger partial charge in [0, 0.05) is 0 Å². The molecule has 3 rings (SSSR count). The lowest BCUT2D eigenvalue weighted by Gasteiger charge is -2.30. The third kappa shape index (κ3) is 2.96. The van der Waals surface area contributed by atoms with Crippen molar-refractivity contribution in [2.75, 3.05) is 4.90 Å². The first kappa shape index (κ1) is 16.7. The Morgan fingerprint density at radius 2 is 1.83 bits per heavy atom. The third-order valence-corrected chi connectivity index (χ3v) is 4.21. The molecule has 1 aromatic carbocycles. The van der Waals surface area contributed by atoms with Gasteiger partial charge in [-0.05, 0) is 49.5 Å². The highest BCUT2D eigenvalue weighted by Gasteiger charge is 2.36. The van der Waals surface area contributed by atoms with E-state index in [0.717, 1.165) is 4.90 Å². The van der Waals surface area contributed by atoms with Crippen LogP contribution in [0, 0.1) is 6.92 Å². The third-order valence-electron chi connectivity index (χ3n) is 3.31. The van der Waals surface area contributed by atoms with Crippen LogP contribution in [0.4, 0.5) is 5.69 Å². The highest BCUT2D eigenvalue weighted by Crippen LogP contribution is 2.35. The van der Waals surface area contributed by atoms with Crippen molar-refractivity contribution < 1.29 is 14.0 Å². The van der Waals surface area contributed by atoms with Crippen molar-refractivity contribution in [1.29, 1.82) is 0 Å². The van der Waals surface area contributed by atoms with Crippen LogP contribution in [0.5, 0.6) is 0 Å². The first-order valence-electron chi connectivity index (χ1n) is 6.80. The van der Waals surface area contributed by atoms with Gasteiger partial charge in [-0.15, -0.1) is 0 Å². The lowest BCUT2D eigenvalue weighted by Crippen LogP contribution is -2.54. The molecule has 0 saturated carbocycles. The minimum Gasteiger partial charge on any atom is -0.462 e. The number of para-hydroxylation sites is 1. The molecule has 0 spiro atoms. The number of halogens is 2. The fraction of sp³-hybridized carbons (Fsp3) is 0.0625. The number of benzene rings is 1. The molecule has 2 aromatic rings. The van der Waals surface area contributed by atoms with Crippen molar-refractivity contribution in [2.24, 2.45) is 0 Å². The number of furan rings is 1. The summed E-state index contributed by atoms with van der Waals surface area (Å²) in [7, 11) is 0. The Hall–Kier alpha value is -2.15. The highest BCUT2D eigenvalue weighted by molar-refractivity contribution is 7.80. The highest BCUT2D eigenvalue weighted by atomic mass is 35.5. The topological polar surface area (TPSA) is 62.6 Å². The summed E-state index contributed by atoms with van der Waals surface area (Å²) in [6.45, 7) is 1.76. The molecule has 0 atom stereocenters. The molecule has 2 heterocycles. The second kappa shape index (κ2) is 6.39. The summed E-state index contributed by atoms with van der Waals surface area (Å²) in [4.78, 5) is 26.1. The summed E-state index contributed by atoms with van der Waals surface area (Å²) >= 11 is 17.4. The molecule has 1 aromatic heterocycles. The van der Waals surface area contributed by atoms with Gasteiger partial charge in [0.25, 0.3) is 11.8 Å². The monoisotopic (exact) mass is 380 g/mol. The molecule has 0 unspecified atom stereocenters. The zero-order valence-corrected chi connectivity index (χ0v) is 14.6. The van der Waals surface area contributed by atoms with E-state index in [4.69, 9.17) is 39.8 Å². The van der Waals surface area contributed by atoms with E-state index in [1.165, 1.54) is 6.08 Å². The first-order chi connectivity index (χ1) is 11.4. The lowest BCUT2D eigenvalue weighted by molar-refractivity contribution is -0.122. The summed E-state index contributed by atoms with van der Waals surface area (Å²) < 4.78 is 5.39. The van der Waals surface area contributed by atoms with E-state index in [0.29, 0.717) is 11.5 Å². The molecule has 5 nitrogen and oxygen atoms in total. The summed E-state index contributed by atoms with van der Waals surface area (Å²) in [5.41, 5.74) is 0.0892. The molecule has 0 aliphatic carbocycles. The van der Waals surface area contributed by atoms with Crippen LogP contribution < -0.4 is 10.2 Å². The van der Waals surface area contributed by atoms with Gasteiger partial charge >= 0.3 is 0 Å². The van der Waals surface area contributed by atoms with E-state index in [-0.39, 0.29) is 26.4 Å². The van der Waals surface area contributed by atoms with Crippen LogP contribution in [0.1, 0.15) is 11.5 Å². The first-order valence-corrected chi connectivity index (χ1v) is 7.97. The average Bonchev–Trinajstić information content (AvgIpc) is 2.91. The van der Waals surface area contributed by atoms with E-state index in [9.17, 15) is 9.59 Å². The lowest BCUT2D eigenvalue weighted by atomic mass is 10.1. The van der Waals surface area contributed by atoms with Gasteiger partial charge in [0.05, 0.1) is 15.7 Å². The fourth-order valence-corrected chi connectivity index (χ4v) is 3.07. The molecule has 1 N–H and O–H groups in total. The molecule has 2 amide bonds. The van der Waals surface area contributed by atoms with Crippen LogP contribution in [0.3, 0.4) is 0 Å². The Balaban J connectivity index is 2.08. The Kier molecular flexibility index (Phi) is 4.45. The SMILES string of the molecule is Cc1ccc(C=C2C(=O)NC(=S)N(c3c(Cl)cccc3Cl)C2=O)o1. The van der Waals surface area contributed by atoms with Gasteiger partial charge in [-0.2, -0.15) is 0 Å². The number of carbonyl (C=O) groups excluding carboxylic acids is 2. The van der Waals surface area contributed by atoms with Gasteiger partial charge in [0.15, 0.2) is 5.11 Å². The molecule has 24 heavy (non-hydrogen) atoms. The number of carbonyl (C=O) groups is 2. The van der Waals surface area contributed by atoms with Gasteiger partial charge in [-0.3, -0.25) is 14.9 Å². The van der Waals surface area contributed by atoms with E-state index in [1.807, 2.05) is 0 Å². The van der Waals surface area contributed by atoms with Crippen LogP contribution in [0.2, 0.25) is 10.0 Å². The second-order valence-corrected chi connectivity index (χ2v) is 6.18. The molecular weight excluding hydrogens is 371 g/mol. The normalized spacial score (nSPS) is 16.7. The summed E-state index contributed by atoms with van der Waals surface area (Å²) in [5, 5.41) is 2.85. The van der Waals surface area contributed by atoms with Crippen molar-refractivity contribution >= 4 is 64.1 Å². The van der Waals surface area contributed by atoms with Crippen molar-refractivity contribution in [2.45, 2.75) is 6.92 Å². The number of nitrogens with one attached hydrogen (secondary N) is 1. The van der Waals surface area contributed by atoms with E-state index >= 15 is 0 Å². The van der Waals surface area contributed by atoms with Crippen LogP contribution in [0.25, 0.3) is 6.08 Å². The van der Waals surface area contributed by atoms with Gasteiger partial charge in [-0.25, -0.2) is 4.90 Å². The van der Waals surface area contributed by atoms with Crippen molar-refractivity contribution in [3.8, 4) is 0 Å². The van der Waals surface area contributed by atoms with E-state index in [2.05, 4.69) is 5.32 Å². The Morgan fingerprint density at radius 1 is 1.17 bits per heavy atom. The van der Waals surface area contributed by atoms with Crippen molar-refractivity contribution in [3.63, 3.8) is 0 Å². The summed E-state index contributed by atoms with van der Waals surface area (Å²) in [5.74, 6) is -0.206. The maximum atomic E-state index is 12.8. The smallest absolute Gasteiger partial charge is 0.270 e. The Labute approximate surface area is 152 Å². The van der Waals surface area contributed by atoms with Gasteiger partial charge in [0.2, 0.25) is 0 Å². The quantitative estimate of drug-likeness (QED) is 0.489. The van der Waals surface area contributed by atoms with E-state index < -0.39 is 11.8 Å². The number of hydrogen-bond donors (Lipinski definition) is 1. The predicted molar refractivity (Wildman–Crippen MR) is 96.1 cm³/mol. The molecule has 1 saturated heterocycles. The summed E-state index contributed by atoms with van der Waals surface area (Å²) in [6, 6.07) is 8.18. The van der Waals surface area contributed by atoms with E-state index in [1.54, 1.807) is 37.3 Å². The Morgan fingerprint density at radius 3 is 2.42 bits per heavy atom. The number of aryl methyl sites for hydroxylation is 1. The van der Waals surface area contributed by atoms with Crippen LogP contribution in [-0.2, 0) is 9.59 Å². The van der Waals surface area contributed by atoms with Crippen LogP contribution in [-0.4, -0.2) is 16.9 Å². The van der Waals surface area contributed by atoms with Gasteiger partial charge in [0.1, 0.15) is 17.1 Å². The molecule has 8 heteroatoms. The molecule has 1 fully saturated rings. The zero-order chi connectivity index (χ0) is 17.4. The Bertz CT molecular complexity index is 884. The number of rotatable bonds is 2. The van der Waals surface area contributed by atoms with Gasteiger partial charge < -0.3 is 4.42 Å². The van der Waals surface area contributed by atoms with Crippen molar-refractivity contribution in [3.05, 3.63) is 57.5 Å². The minimum absolute atomic E-state index is 0.0900. The fourth-order valence-electron chi connectivity index (χ4n) is 2.24. The maximum absolute atomic E-state index is 12.8. The standard InChI is InChI=1S/C16H10Cl2N2O3S/c1-8-5-6-9(23-8)7-10-14(21)19-16(24)20(15(10)22)13-11(17)3-2-4-12(13)18/h2-7H,1H3,(H,19,21,24). The number of anilines is 1. The average molecular weight is 381 g/mol. The molecule has 1 aliphatic heterocycles. The van der Waals surface area contributed by atoms with Crippen molar-refractivity contribution in [1.82, 2.24) is 5.32 Å². The minimum atomic E-state index is -0.632. The number of nitrogens with zero attached hydrogens (tertiary/aromatic N) is 1. The van der Waals surface area contributed by atoms with Crippen LogP contribution in [0.15, 0.2) is 40.3 Å². The van der Waals surface area contributed by atoms with Gasteiger partial charge in [-0.1, -0.05) is 29.3 Å². The summed E-state index contributed by atoms with van der Waals surface area (Å²) in [6.07, 6.45) is 1.35. The molecular formula is C16H10Cl2N2O3S. The molecule has 0 bridgehead atoms. The molecule has 0 radical (unpaired) electrons. The van der Waals surface area contributed by atoms with Crippen LogP contribution >= 0.6 is 35.4 Å². The number of amides is 2. The molecule has 122 valence electrons. The number of hydrogen-bond acceptors (Lipinski definition) is 4.